The van der Waals surface area contributed by atoms with Crippen molar-refractivity contribution in [2.75, 3.05) is 26.2 Å². The molecule has 2 amide bonds. The summed E-state index contributed by atoms with van der Waals surface area (Å²) in [4.78, 5) is 29.1. The Hall–Kier alpha value is -2.10. The summed E-state index contributed by atoms with van der Waals surface area (Å²) >= 11 is 0. The van der Waals surface area contributed by atoms with Crippen LogP contribution in [0.1, 0.15) is 35.2 Å². The first-order valence-electron chi connectivity index (χ1n) is 8.45. The Morgan fingerprint density at radius 2 is 1.83 bits per heavy atom. The number of piperidine rings is 1. The Morgan fingerprint density at radius 1 is 1.04 bits per heavy atom. The molecule has 0 aliphatic carbocycles. The van der Waals surface area contributed by atoms with Crippen LogP contribution < -0.4 is 0 Å². The van der Waals surface area contributed by atoms with Crippen LogP contribution in [0, 0.1) is 12.8 Å². The van der Waals surface area contributed by atoms with Crippen LogP contribution in [0.25, 0.3) is 0 Å². The highest BCUT2D eigenvalue weighted by Crippen LogP contribution is 2.21. The van der Waals surface area contributed by atoms with E-state index < -0.39 is 0 Å². The number of nitrogens with zero attached hydrogens (tertiary/aromatic N) is 2. The molecule has 1 aromatic rings. The summed E-state index contributed by atoms with van der Waals surface area (Å²) in [7, 11) is 0. The van der Waals surface area contributed by atoms with Crippen molar-refractivity contribution in [1.29, 1.82) is 0 Å². The van der Waals surface area contributed by atoms with E-state index in [-0.39, 0.29) is 17.7 Å². The van der Waals surface area contributed by atoms with Crippen molar-refractivity contribution in [3.8, 4) is 0 Å². The molecule has 3 rings (SSSR count). The van der Waals surface area contributed by atoms with Crippen molar-refractivity contribution in [1.82, 2.24) is 9.80 Å². The van der Waals surface area contributed by atoms with Crippen LogP contribution in [0.15, 0.2) is 36.4 Å². The molecule has 0 aromatic heterocycles. The lowest BCUT2D eigenvalue weighted by molar-refractivity contribution is -0.136. The maximum atomic E-state index is 12.7. The number of likely N-dealkylation sites (tertiary alicyclic amines) is 1. The number of amides is 2. The summed E-state index contributed by atoms with van der Waals surface area (Å²) in [6.07, 6.45) is 6.90. The first-order chi connectivity index (χ1) is 11.1. The fourth-order valence-corrected chi connectivity index (χ4v) is 3.34. The normalized spacial score (nSPS) is 21.3. The molecule has 1 aromatic carbocycles. The first kappa shape index (κ1) is 15.8. The average molecular weight is 312 g/mol. The van der Waals surface area contributed by atoms with Gasteiger partial charge in [0.2, 0.25) is 5.91 Å². The highest BCUT2D eigenvalue weighted by molar-refractivity contribution is 5.94. The van der Waals surface area contributed by atoms with E-state index in [1.54, 1.807) is 0 Å². The highest BCUT2D eigenvalue weighted by Gasteiger charge is 2.31. The average Bonchev–Trinajstić information content (AvgIpc) is 2.62. The summed E-state index contributed by atoms with van der Waals surface area (Å²) < 4.78 is 0. The van der Waals surface area contributed by atoms with Gasteiger partial charge in [-0.3, -0.25) is 9.59 Å². The van der Waals surface area contributed by atoms with Gasteiger partial charge in [-0.2, -0.15) is 0 Å². The van der Waals surface area contributed by atoms with Gasteiger partial charge < -0.3 is 9.80 Å². The largest absolute Gasteiger partial charge is 0.338 e. The number of hydrogen-bond acceptors (Lipinski definition) is 2. The third-order valence-electron chi connectivity index (χ3n) is 4.73. The molecule has 4 heteroatoms. The van der Waals surface area contributed by atoms with Crippen molar-refractivity contribution >= 4 is 11.8 Å². The van der Waals surface area contributed by atoms with Crippen LogP contribution in [0.5, 0.6) is 0 Å². The maximum absolute atomic E-state index is 12.7. The number of carbonyl (C=O) groups excluding carboxylic acids is 2. The number of rotatable bonds is 2. The van der Waals surface area contributed by atoms with Crippen LogP contribution >= 0.6 is 0 Å². The summed E-state index contributed by atoms with van der Waals surface area (Å²) in [6, 6.07) is 7.66. The summed E-state index contributed by atoms with van der Waals surface area (Å²) in [5.74, 6) is 0.196. The van der Waals surface area contributed by atoms with Crippen molar-refractivity contribution in [2.45, 2.75) is 26.2 Å². The molecule has 0 radical (unpaired) electrons. The monoisotopic (exact) mass is 312 g/mol. The first-order valence-corrected chi connectivity index (χ1v) is 8.45. The minimum absolute atomic E-state index is 0.0426. The predicted molar refractivity (Wildman–Crippen MR) is 90.1 cm³/mol. The maximum Gasteiger partial charge on any atom is 0.253 e. The smallest absolute Gasteiger partial charge is 0.253 e. The molecular formula is C19H24N2O2. The molecule has 0 bridgehead atoms. The molecule has 23 heavy (non-hydrogen) atoms. The molecule has 0 spiro atoms. The number of aryl methyl sites for hydroxylation is 1. The zero-order valence-electron chi connectivity index (χ0n) is 13.7. The Balaban J connectivity index is 1.65. The molecule has 1 fully saturated rings. The highest BCUT2D eigenvalue weighted by atomic mass is 16.2. The lowest BCUT2D eigenvalue weighted by atomic mass is 9.95. The molecule has 1 saturated heterocycles. The quantitative estimate of drug-likeness (QED) is 0.788. The standard InChI is InChI=1S/C19H24N2O2/c1-15-7-9-16(10-8-15)18(22)21-13-5-6-17(14-21)19(23)20-11-3-2-4-12-20/h2-3,7-10,17H,4-6,11-14H2,1H3/t17-/m1/s1. The zero-order chi connectivity index (χ0) is 16.2. The fraction of sp³-hybridized carbons (Fsp3) is 0.474. The molecule has 0 saturated carbocycles. The minimum Gasteiger partial charge on any atom is -0.338 e. The van der Waals surface area contributed by atoms with Gasteiger partial charge in [-0.05, 0) is 38.3 Å². The van der Waals surface area contributed by atoms with Gasteiger partial charge in [0.25, 0.3) is 5.91 Å². The number of carbonyl (C=O) groups is 2. The van der Waals surface area contributed by atoms with Crippen LogP contribution in [-0.2, 0) is 4.79 Å². The van der Waals surface area contributed by atoms with E-state index in [4.69, 9.17) is 0 Å². The minimum atomic E-state index is -0.0513. The van der Waals surface area contributed by atoms with Gasteiger partial charge >= 0.3 is 0 Å². The van der Waals surface area contributed by atoms with Gasteiger partial charge in [-0.1, -0.05) is 29.8 Å². The van der Waals surface area contributed by atoms with E-state index in [0.29, 0.717) is 18.7 Å². The van der Waals surface area contributed by atoms with Gasteiger partial charge in [0.05, 0.1) is 5.92 Å². The second-order valence-corrected chi connectivity index (χ2v) is 6.50. The van der Waals surface area contributed by atoms with E-state index in [1.165, 1.54) is 0 Å². The third-order valence-corrected chi connectivity index (χ3v) is 4.73. The van der Waals surface area contributed by atoms with Crippen molar-refractivity contribution in [2.24, 2.45) is 5.92 Å². The Labute approximate surface area is 137 Å². The topological polar surface area (TPSA) is 40.6 Å². The van der Waals surface area contributed by atoms with Crippen molar-refractivity contribution in [3.05, 3.63) is 47.5 Å². The Morgan fingerprint density at radius 3 is 2.52 bits per heavy atom. The van der Waals surface area contributed by atoms with Gasteiger partial charge in [0, 0.05) is 31.7 Å². The number of hydrogen-bond donors (Lipinski definition) is 0. The molecule has 2 aliphatic heterocycles. The summed E-state index contributed by atoms with van der Waals surface area (Å²) in [5, 5.41) is 0. The van der Waals surface area contributed by atoms with Gasteiger partial charge in [-0.15, -0.1) is 0 Å². The van der Waals surface area contributed by atoms with E-state index >= 15 is 0 Å². The van der Waals surface area contributed by atoms with Gasteiger partial charge in [0.15, 0.2) is 0 Å². The number of benzene rings is 1. The van der Waals surface area contributed by atoms with E-state index in [1.807, 2.05) is 41.0 Å². The van der Waals surface area contributed by atoms with Gasteiger partial charge in [0.1, 0.15) is 0 Å². The van der Waals surface area contributed by atoms with E-state index in [0.717, 1.165) is 37.9 Å². The molecule has 4 nitrogen and oxygen atoms in total. The third kappa shape index (κ3) is 3.63. The molecule has 2 aliphatic rings. The molecule has 2 heterocycles. The Bertz CT molecular complexity index is 606. The second kappa shape index (κ2) is 6.99. The van der Waals surface area contributed by atoms with Crippen LogP contribution in [0.2, 0.25) is 0 Å². The second-order valence-electron chi connectivity index (χ2n) is 6.50. The van der Waals surface area contributed by atoms with Crippen molar-refractivity contribution in [3.63, 3.8) is 0 Å². The summed E-state index contributed by atoms with van der Waals surface area (Å²) in [6.45, 7) is 4.82. The SMILES string of the molecule is Cc1ccc(C(=O)N2CCC[C@@H](C(=O)N3CC=CCC3)C2)cc1. The molecule has 122 valence electrons. The van der Waals surface area contributed by atoms with Crippen LogP contribution in [0.4, 0.5) is 0 Å². The van der Waals surface area contributed by atoms with Crippen LogP contribution in [-0.4, -0.2) is 47.8 Å². The van der Waals surface area contributed by atoms with E-state index in [2.05, 4.69) is 12.2 Å². The lowest BCUT2D eigenvalue weighted by Crippen LogP contribution is -2.47. The van der Waals surface area contributed by atoms with Crippen LogP contribution in [0.3, 0.4) is 0 Å². The molecule has 1 atom stereocenters. The zero-order valence-corrected chi connectivity index (χ0v) is 13.7. The molecule has 0 unspecified atom stereocenters. The fourth-order valence-electron chi connectivity index (χ4n) is 3.34. The Kier molecular flexibility index (Phi) is 4.79. The predicted octanol–water partition coefficient (Wildman–Crippen LogP) is 2.64. The van der Waals surface area contributed by atoms with E-state index in [9.17, 15) is 9.59 Å². The summed E-state index contributed by atoms with van der Waals surface area (Å²) in [5.41, 5.74) is 1.86. The van der Waals surface area contributed by atoms with Gasteiger partial charge in [-0.25, -0.2) is 0 Å². The van der Waals surface area contributed by atoms with Crippen molar-refractivity contribution < 1.29 is 9.59 Å². The lowest BCUT2D eigenvalue weighted by Gasteiger charge is -2.35. The molecular weight excluding hydrogens is 288 g/mol. The molecule has 0 N–H and O–H groups in total.